The summed E-state index contributed by atoms with van der Waals surface area (Å²) in [6.45, 7) is 4.75. The number of nitrogens with zero attached hydrogens (tertiary/aromatic N) is 3. The fourth-order valence-corrected chi connectivity index (χ4v) is 2.06. The summed E-state index contributed by atoms with van der Waals surface area (Å²) < 4.78 is 1.74. The lowest BCUT2D eigenvalue weighted by Crippen LogP contribution is -2.06. The van der Waals surface area contributed by atoms with E-state index >= 15 is 0 Å². The van der Waals surface area contributed by atoms with Crippen LogP contribution in [-0.4, -0.2) is 31.6 Å². The van der Waals surface area contributed by atoms with Crippen molar-refractivity contribution in [3.8, 4) is 11.4 Å². The second-order valence-corrected chi connectivity index (χ2v) is 5.25. The van der Waals surface area contributed by atoms with Gasteiger partial charge < -0.3 is 10.2 Å². The zero-order chi connectivity index (χ0) is 14.5. The Hall–Kier alpha value is -1.72. The zero-order valence-corrected chi connectivity index (χ0v) is 12.0. The molecule has 0 aliphatic rings. The van der Waals surface area contributed by atoms with Crippen molar-refractivity contribution < 1.29 is 10.2 Å². The van der Waals surface area contributed by atoms with Crippen molar-refractivity contribution in [2.24, 2.45) is 5.92 Å². The van der Waals surface area contributed by atoms with E-state index in [9.17, 15) is 0 Å². The molecule has 2 rings (SSSR count). The van der Waals surface area contributed by atoms with Crippen molar-refractivity contribution >= 4 is 0 Å². The quantitative estimate of drug-likeness (QED) is 0.840. The maximum Gasteiger partial charge on any atom is 0.158 e. The fourth-order valence-electron chi connectivity index (χ4n) is 2.06. The van der Waals surface area contributed by atoms with E-state index in [0.717, 1.165) is 29.2 Å². The van der Waals surface area contributed by atoms with Gasteiger partial charge in [0.25, 0.3) is 0 Å². The van der Waals surface area contributed by atoms with Crippen molar-refractivity contribution in [2.75, 3.05) is 6.61 Å². The molecule has 1 aromatic heterocycles. The van der Waals surface area contributed by atoms with Gasteiger partial charge in [0.15, 0.2) is 11.6 Å². The summed E-state index contributed by atoms with van der Waals surface area (Å²) in [5, 5.41) is 22.7. The van der Waals surface area contributed by atoms with Crippen LogP contribution in [0.4, 0.5) is 0 Å². The van der Waals surface area contributed by atoms with Crippen LogP contribution in [0.15, 0.2) is 24.3 Å². The lowest BCUT2D eigenvalue weighted by molar-refractivity contribution is 0.269. The Morgan fingerprint density at radius 3 is 2.40 bits per heavy atom. The summed E-state index contributed by atoms with van der Waals surface area (Å²) in [6, 6.07) is 7.58. The molecule has 20 heavy (non-hydrogen) atoms. The number of hydrogen-bond acceptors (Lipinski definition) is 4. The summed E-state index contributed by atoms with van der Waals surface area (Å²) >= 11 is 0. The van der Waals surface area contributed by atoms with Gasteiger partial charge in [-0.3, -0.25) is 0 Å². The minimum absolute atomic E-state index is 0.0300. The number of aromatic nitrogens is 3. The highest BCUT2D eigenvalue weighted by Gasteiger charge is 2.12. The van der Waals surface area contributed by atoms with E-state index in [1.54, 1.807) is 4.68 Å². The molecule has 108 valence electrons. The minimum Gasteiger partial charge on any atom is -0.394 e. The van der Waals surface area contributed by atoms with Gasteiger partial charge in [-0.25, -0.2) is 9.67 Å². The molecule has 0 saturated heterocycles. The SMILES string of the molecule is CC(C)Cc1nc(-c2ccc(CO)cc2)n(CCO)n1. The first-order chi connectivity index (χ1) is 9.63. The van der Waals surface area contributed by atoms with Gasteiger partial charge in [-0.1, -0.05) is 38.1 Å². The van der Waals surface area contributed by atoms with E-state index in [1.165, 1.54) is 0 Å². The molecule has 0 spiro atoms. The third-order valence-electron chi connectivity index (χ3n) is 3.01. The molecule has 0 saturated carbocycles. The van der Waals surface area contributed by atoms with Crippen LogP contribution >= 0.6 is 0 Å². The highest BCUT2D eigenvalue weighted by atomic mass is 16.3. The van der Waals surface area contributed by atoms with Crippen LogP contribution in [0.5, 0.6) is 0 Å². The standard InChI is InChI=1S/C15H21N3O2/c1-11(2)9-14-16-15(18(17-14)7-8-19)13-5-3-12(10-20)4-6-13/h3-6,11,19-20H,7-10H2,1-2H3. The first kappa shape index (κ1) is 14.7. The maximum atomic E-state index is 9.14. The van der Waals surface area contributed by atoms with Gasteiger partial charge in [0.05, 0.1) is 19.8 Å². The number of rotatable bonds is 6. The maximum absolute atomic E-state index is 9.14. The average Bonchev–Trinajstić information content (AvgIpc) is 2.81. The van der Waals surface area contributed by atoms with Crippen molar-refractivity contribution in [3.63, 3.8) is 0 Å². The molecule has 0 radical (unpaired) electrons. The van der Waals surface area contributed by atoms with E-state index in [-0.39, 0.29) is 13.2 Å². The topological polar surface area (TPSA) is 71.2 Å². The van der Waals surface area contributed by atoms with Crippen LogP contribution in [0.2, 0.25) is 0 Å². The van der Waals surface area contributed by atoms with Gasteiger partial charge in [0.2, 0.25) is 0 Å². The zero-order valence-electron chi connectivity index (χ0n) is 12.0. The Labute approximate surface area is 118 Å². The molecule has 0 fully saturated rings. The van der Waals surface area contributed by atoms with Crippen molar-refractivity contribution in [3.05, 3.63) is 35.7 Å². The molecule has 0 aliphatic carbocycles. The molecule has 0 bridgehead atoms. The molecule has 2 aromatic rings. The number of aliphatic hydroxyl groups is 2. The van der Waals surface area contributed by atoms with Gasteiger partial charge >= 0.3 is 0 Å². The second kappa shape index (κ2) is 6.63. The molecular weight excluding hydrogens is 254 g/mol. The van der Waals surface area contributed by atoms with E-state index in [4.69, 9.17) is 10.2 Å². The summed E-state index contributed by atoms with van der Waals surface area (Å²) in [5.41, 5.74) is 1.81. The van der Waals surface area contributed by atoms with Crippen molar-refractivity contribution in [1.82, 2.24) is 14.8 Å². The fraction of sp³-hybridized carbons (Fsp3) is 0.467. The summed E-state index contributed by atoms with van der Waals surface area (Å²) in [7, 11) is 0. The molecule has 1 heterocycles. The molecule has 0 aliphatic heterocycles. The van der Waals surface area contributed by atoms with Gasteiger partial charge in [0, 0.05) is 12.0 Å². The van der Waals surface area contributed by atoms with Crippen LogP contribution in [0, 0.1) is 5.92 Å². The minimum atomic E-state index is 0.0300. The van der Waals surface area contributed by atoms with E-state index < -0.39 is 0 Å². The summed E-state index contributed by atoms with van der Waals surface area (Å²) in [4.78, 5) is 4.57. The first-order valence-electron chi connectivity index (χ1n) is 6.88. The smallest absolute Gasteiger partial charge is 0.158 e. The molecule has 0 unspecified atom stereocenters. The van der Waals surface area contributed by atoms with Crippen molar-refractivity contribution in [2.45, 2.75) is 33.4 Å². The predicted molar refractivity (Wildman–Crippen MR) is 77.0 cm³/mol. The summed E-state index contributed by atoms with van der Waals surface area (Å²) in [6.07, 6.45) is 0.820. The molecule has 5 heteroatoms. The number of hydrogen-bond donors (Lipinski definition) is 2. The Balaban J connectivity index is 2.34. The van der Waals surface area contributed by atoms with Crippen LogP contribution in [0.3, 0.4) is 0 Å². The molecule has 1 aromatic carbocycles. The first-order valence-corrected chi connectivity index (χ1v) is 6.88. The second-order valence-electron chi connectivity index (χ2n) is 5.25. The lowest BCUT2D eigenvalue weighted by atomic mass is 10.1. The third-order valence-corrected chi connectivity index (χ3v) is 3.01. The monoisotopic (exact) mass is 275 g/mol. The number of aliphatic hydroxyl groups excluding tert-OH is 2. The molecule has 0 amide bonds. The largest absolute Gasteiger partial charge is 0.394 e. The third kappa shape index (κ3) is 3.43. The lowest BCUT2D eigenvalue weighted by Gasteiger charge is -2.04. The Morgan fingerprint density at radius 2 is 1.85 bits per heavy atom. The van der Waals surface area contributed by atoms with Crippen LogP contribution < -0.4 is 0 Å². The Kier molecular flexibility index (Phi) is 4.87. The van der Waals surface area contributed by atoms with Gasteiger partial charge in [0.1, 0.15) is 0 Å². The van der Waals surface area contributed by atoms with E-state index in [2.05, 4.69) is 23.9 Å². The highest BCUT2D eigenvalue weighted by Crippen LogP contribution is 2.19. The predicted octanol–water partition coefficient (Wildman–Crippen LogP) is 1.63. The van der Waals surface area contributed by atoms with Crippen LogP contribution in [0.25, 0.3) is 11.4 Å². The highest BCUT2D eigenvalue weighted by molar-refractivity contribution is 5.55. The Morgan fingerprint density at radius 1 is 1.15 bits per heavy atom. The summed E-state index contributed by atoms with van der Waals surface area (Å²) in [5.74, 6) is 2.05. The van der Waals surface area contributed by atoms with Crippen LogP contribution in [-0.2, 0) is 19.6 Å². The normalized spacial score (nSPS) is 11.2. The van der Waals surface area contributed by atoms with Crippen molar-refractivity contribution in [1.29, 1.82) is 0 Å². The van der Waals surface area contributed by atoms with E-state index in [1.807, 2.05) is 24.3 Å². The van der Waals surface area contributed by atoms with Gasteiger partial charge in [-0.15, -0.1) is 0 Å². The molecular formula is C15H21N3O2. The van der Waals surface area contributed by atoms with Gasteiger partial charge in [-0.2, -0.15) is 5.10 Å². The average molecular weight is 275 g/mol. The van der Waals surface area contributed by atoms with E-state index in [0.29, 0.717) is 12.5 Å². The molecule has 0 atom stereocenters. The molecule has 5 nitrogen and oxygen atoms in total. The van der Waals surface area contributed by atoms with Crippen LogP contribution in [0.1, 0.15) is 25.2 Å². The number of benzene rings is 1. The van der Waals surface area contributed by atoms with Gasteiger partial charge in [-0.05, 0) is 11.5 Å². The Bertz CT molecular complexity index is 547. The molecule has 2 N–H and O–H groups in total.